The lowest BCUT2D eigenvalue weighted by atomic mass is 9.83. The number of benzene rings is 10. The van der Waals surface area contributed by atoms with E-state index in [0.29, 0.717) is 0 Å². The number of hydrogen-bond donors (Lipinski definition) is 0. The van der Waals surface area contributed by atoms with Gasteiger partial charge in [-0.1, -0.05) is 207 Å². The number of unbranched alkanes of at least 4 members (excludes halogenated alkanes) is 1. The molecule has 0 fully saturated rings. The molecule has 1 heteroatoms. The van der Waals surface area contributed by atoms with Crippen LogP contribution in [0.1, 0.15) is 45.6 Å². The Kier molecular flexibility index (Phi) is 11.8. The van der Waals surface area contributed by atoms with Gasteiger partial charge in [-0.15, -0.1) is 0 Å². The first-order valence-corrected chi connectivity index (χ1v) is 23.5. The predicted molar refractivity (Wildman–Crippen MR) is 288 cm³/mol. The van der Waals surface area contributed by atoms with E-state index in [0.717, 1.165) is 36.2 Å². The van der Waals surface area contributed by atoms with E-state index < -0.39 is 0 Å². The molecule has 0 aromatic heterocycles. The summed E-state index contributed by atoms with van der Waals surface area (Å²) >= 11 is 0. The van der Waals surface area contributed by atoms with Gasteiger partial charge in [0.05, 0.1) is 0 Å². The zero-order valence-corrected chi connectivity index (χ0v) is 38.5. The topological polar surface area (TPSA) is 3.24 Å². The van der Waals surface area contributed by atoms with Crippen LogP contribution in [0.15, 0.2) is 236 Å². The number of para-hydroxylation sites is 1. The van der Waals surface area contributed by atoms with Gasteiger partial charge in [0.15, 0.2) is 0 Å². The molecule has 0 spiro atoms. The molecule has 0 aliphatic carbocycles. The van der Waals surface area contributed by atoms with Crippen LogP contribution in [-0.4, -0.2) is 0 Å². The van der Waals surface area contributed by atoms with Crippen molar-refractivity contribution in [3.63, 3.8) is 0 Å². The fourth-order valence-electron chi connectivity index (χ4n) is 10.2. The average molecular weight is 850 g/mol. The van der Waals surface area contributed by atoms with E-state index in [9.17, 15) is 0 Å². The van der Waals surface area contributed by atoms with Crippen molar-refractivity contribution in [2.45, 2.75) is 47.0 Å². The van der Waals surface area contributed by atoms with Crippen molar-refractivity contribution in [1.29, 1.82) is 0 Å². The van der Waals surface area contributed by atoms with Crippen molar-refractivity contribution >= 4 is 54.5 Å². The van der Waals surface area contributed by atoms with Crippen LogP contribution in [0, 0.1) is 6.92 Å². The van der Waals surface area contributed by atoms with Crippen molar-refractivity contribution in [2.24, 2.45) is 0 Å². The molecule has 0 amide bonds. The molecule has 0 aliphatic heterocycles. The van der Waals surface area contributed by atoms with E-state index >= 15 is 0 Å². The Bertz CT molecular complexity index is 3360. The monoisotopic (exact) mass is 849 g/mol. The highest BCUT2D eigenvalue weighted by Gasteiger charge is 2.22. The Morgan fingerprint density at radius 3 is 1.23 bits per heavy atom. The third-order valence-corrected chi connectivity index (χ3v) is 13.2. The maximum Gasteiger partial charge on any atom is 0.0492 e. The van der Waals surface area contributed by atoms with Crippen molar-refractivity contribution < 1.29 is 0 Å². The molecule has 0 bridgehead atoms. The van der Waals surface area contributed by atoms with Gasteiger partial charge in [0.2, 0.25) is 0 Å². The Hall–Kier alpha value is -7.74. The first-order chi connectivity index (χ1) is 32.4. The van der Waals surface area contributed by atoms with Crippen LogP contribution >= 0.6 is 0 Å². The second-order valence-corrected chi connectivity index (χ2v) is 17.6. The lowest BCUT2D eigenvalue weighted by Gasteiger charge is -2.29. The predicted octanol–water partition coefficient (Wildman–Crippen LogP) is 19.0. The largest absolute Gasteiger partial charge is 0.310 e. The summed E-state index contributed by atoms with van der Waals surface area (Å²) in [5.41, 5.74) is 17.0. The minimum Gasteiger partial charge on any atom is -0.310 e. The SMILES string of the molecule is C=C(C)/C(CCCC)=C(\C=CC)N(c1ccccc1)c1ccc(-c2c3ccccc3c(-c3cccc(-c4c5ccccc5c(-c5ccc(C)cc5)c5ccccc45)c3)c3ccccc23)cc1. The molecule has 0 aliphatic rings. The standard InChI is InChI=1S/C65H55N/c1-6-8-26-52(44(3)4)61(21-7-2)66(50-24-10-9-11-25-50)51-41-39-47(40-42-51)63-55-29-14-18-33-59(55)65(60-34-19-15-30-56(60)63)49-23-20-22-48(43-49)64-57-31-16-12-27-53(57)62(46-37-35-45(5)36-38-46)54-28-13-17-32-58(54)64/h7,9-25,27-43H,3,6,8,26H2,1-2,4-5H3/b21-7?,61-52+. The fourth-order valence-corrected chi connectivity index (χ4v) is 10.2. The molecular formula is C65H55N. The van der Waals surface area contributed by atoms with E-state index in [2.05, 4.69) is 252 Å². The summed E-state index contributed by atoms with van der Waals surface area (Å²) in [6.07, 6.45) is 7.62. The van der Waals surface area contributed by atoms with Crippen LogP contribution in [0.2, 0.25) is 0 Å². The molecule has 0 saturated carbocycles. The molecule has 320 valence electrons. The highest BCUT2D eigenvalue weighted by Crippen LogP contribution is 2.48. The van der Waals surface area contributed by atoms with Gasteiger partial charge >= 0.3 is 0 Å². The molecule has 0 atom stereocenters. The van der Waals surface area contributed by atoms with E-state index in [1.807, 2.05) is 0 Å². The molecule has 0 saturated heterocycles. The Balaban J connectivity index is 1.14. The Morgan fingerprint density at radius 2 is 0.833 bits per heavy atom. The highest BCUT2D eigenvalue weighted by atomic mass is 15.1. The molecule has 1 nitrogen and oxygen atoms in total. The second-order valence-electron chi connectivity index (χ2n) is 17.6. The minimum atomic E-state index is 0.980. The van der Waals surface area contributed by atoms with Crippen LogP contribution in [0.5, 0.6) is 0 Å². The number of anilines is 2. The normalized spacial score (nSPS) is 12.1. The van der Waals surface area contributed by atoms with Crippen LogP contribution < -0.4 is 4.90 Å². The summed E-state index contributed by atoms with van der Waals surface area (Å²) < 4.78 is 0. The molecule has 10 aromatic carbocycles. The summed E-state index contributed by atoms with van der Waals surface area (Å²) in [6, 6.07) is 74.1. The van der Waals surface area contributed by atoms with Gasteiger partial charge in [0, 0.05) is 17.1 Å². The third-order valence-electron chi connectivity index (χ3n) is 13.2. The van der Waals surface area contributed by atoms with Crippen LogP contribution in [0.4, 0.5) is 11.4 Å². The van der Waals surface area contributed by atoms with Crippen LogP contribution in [0.3, 0.4) is 0 Å². The van der Waals surface area contributed by atoms with Gasteiger partial charge in [0.25, 0.3) is 0 Å². The summed E-state index contributed by atoms with van der Waals surface area (Å²) in [4.78, 5) is 2.40. The quantitative estimate of drug-likeness (QED) is 0.0874. The first kappa shape index (κ1) is 42.2. The summed E-state index contributed by atoms with van der Waals surface area (Å²) in [6.45, 7) is 13.1. The lowest BCUT2D eigenvalue weighted by molar-refractivity contribution is 0.785. The smallest absolute Gasteiger partial charge is 0.0492 e. The molecule has 0 heterocycles. The highest BCUT2D eigenvalue weighted by molar-refractivity contribution is 6.23. The Labute approximate surface area is 390 Å². The van der Waals surface area contributed by atoms with Crippen molar-refractivity contribution in [2.75, 3.05) is 4.90 Å². The molecule has 0 radical (unpaired) electrons. The average Bonchev–Trinajstić information content (AvgIpc) is 3.36. The van der Waals surface area contributed by atoms with Gasteiger partial charge in [0.1, 0.15) is 0 Å². The number of rotatable bonds is 12. The number of nitrogens with zero attached hydrogens (tertiary/aromatic N) is 1. The van der Waals surface area contributed by atoms with Crippen LogP contribution in [-0.2, 0) is 0 Å². The number of hydrogen-bond acceptors (Lipinski definition) is 1. The number of fused-ring (bicyclic) bond motifs is 4. The van der Waals surface area contributed by atoms with Gasteiger partial charge in [-0.25, -0.2) is 0 Å². The molecule has 66 heavy (non-hydrogen) atoms. The van der Waals surface area contributed by atoms with Gasteiger partial charge in [-0.05, 0) is 163 Å². The first-order valence-electron chi connectivity index (χ1n) is 23.5. The van der Waals surface area contributed by atoms with E-state index in [-0.39, 0.29) is 0 Å². The summed E-state index contributed by atoms with van der Waals surface area (Å²) in [5, 5.41) is 10.00. The van der Waals surface area contributed by atoms with Gasteiger partial charge in [-0.2, -0.15) is 0 Å². The maximum atomic E-state index is 4.46. The molecule has 10 rings (SSSR count). The summed E-state index contributed by atoms with van der Waals surface area (Å²) in [5.74, 6) is 0. The lowest BCUT2D eigenvalue weighted by Crippen LogP contribution is -2.17. The fraction of sp³-hybridized carbons (Fsp3) is 0.108. The van der Waals surface area contributed by atoms with Crippen LogP contribution in [0.25, 0.3) is 87.6 Å². The minimum absolute atomic E-state index is 0.980. The number of aryl methyl sites for hydroxylation is 1. The van der Waals surface area contributed by atoms with Gasteiger partial charge in [-0.3, -0.25) is 0 Å². The molecule has 0 unspecified atom stereocenters. The Morgan fingerprint density at radius 1 is 0.455 bits per heavy atom. The number of allylic oxidation sites excluding steroid dienone is 4. The van der Waals surface area contributed by atoms with E-state index in [1.54, 1.807) is 0 Å². The van der Waals surface area contributed by atoms with Crippen molar-refractivity contribution in [3.8, 4) is 44.5 Å². The van der Waals surface area contributed by atoms with Crippen molar-refractivity contribution in [3.05, 3.63) is 241 Å². The van der Waals surface area contributed by atoms with Crippen molar-refractivity contribution in [1.82, 2.24) is 0 Å². The molecular weight excluding hydrogens is 795 g/mol. The molecule has 0 N–H and O–H groups in total. The summed E-state index contributed by atoms with van der Waals surface area (Å²) in [7, 11) is 0. The zero-order chi connectivity index (χ0) is 45.1. The molecule has 10 aromatic rings. The van der Waals surface area contributed by atoms with E-state index in [1.165, 1.54) is 104 Å². The van der Waals surface area contributed by atoms with Gasteiger partial charge < -0.3 is 4.90 Å². The third kappa shape index (κ3) is 7.71. The van der Waals surface area contributed by atoms with E-state index in [4.69, 9.17) is 0 Å². The second kappa shape index (κ2) is 18.4. The zero-order valence-electron chi connectivity index (χ0n) is 38.5. The maximum absolute atomic E-state index is 4.46.